The van der Waals surface area contributed by atoms with Gasteiger partial charge in [-0.3, -0.25) is 9.59 Å². The summed E-state index contributed by atoms with van der Waals surface area (Å²) in [5, 5.41) is -0.148. The lowest BCUT2D eigenvalue weighted by molar-refractivity contribution is -0.107. The van der Waals surface area contributed by atoms with E-state index in [-0.39, 0.29) is 10.2 Å². The molecule has 132 valence electrons. The highest BCUT2D eigenvalue weighted by Gasteiger charge is 2.01. The normalized spacial score (nSPS) is 10.5. The molecule has 0 aliphatic heterocycles. The molecule has 0 radical (unpaired) electrons. The second kappa shape index (κ2) is 10.5. The van der Waals surface area contributed by atoms with E-state index in [4.69, 9.17) is 4.74 Å². The summed E-state index contributed by atoms with van der Waals surface area (Å²) in [4.78, 5) is 24.3. The lowest BCUT2D eigenvalue weighted by Gasteiger charge is -2.03. The molecule has 3 nitrogen and oxygen atoms in total. The third-order valence-corrected chi connectivity index (χ3v) is 4.93. The minimum Gasteiger partial charge on any atom is -0.496 e. The first kappa shape index (κ1) is 19.8. The monoisotopic (exact) mass is 382 g/mol. The van der Waals surface area contributed by atoms with Gasteiger partial charge in [-0.25, -0.2) is 0 Å². The number of hydrogen-bond acceptors (Lipinski definition) is 5. The van der Waals surface area contributed by atoms with Gasteiger partial charge < -0.3 is 4.74 Å². The van der Waals surface area contributed by atoms with Crippen molar-refractivity contribution in [2.24, 2.45) is 0 Å². The van der Waals surface area contributed by atoms with Crippen molar-refractivity contribution in [2.45, 2.75) is 16.4 Å². The highest BCUT2D eigenvalue weighted by Crippen LogP contribution is 2.21. The number of thioether (sulfide) groups is 2. The van der Waals surface area contributed by atoms with Crippen LogP contribution in [-0.4, -0.2) is 10.2 Å². The molecule has 0 aliphatic carbocycles. The average Bonchev–Trinajstić information content (AvgIpc) is 2.67. The van der Waals surface area contributed by atoms with Crippen LogP contribution in [0.4, 0.5) is 0 Å². The maximum absolute atomic E-state index is 11.3. The van der Waals surface area contributed by atoms with E-state index in [9.17, 15) is 9.59 Å². The van der Waals surface area contributed by atoms with Crippen LogP contribution in [0.3, 0.4) is 0 Å². The van der Waals surface area contributed by atoms with Crippen molar-refractivity contribution in [3.05, 3.63) is 91.2 Å². The maximum atomic E-state index is 11.3. The van der Waals surface area contributed by atoms with Crippen molar-refractivity contribution in [1.29, 1.82) is 0 Å². The number of carbonyl (C=O) groups is 2. The van der Waals surface area contributed by atoms with Crippen LogP contribution in [0.25, 0.3) is 6.08 Å². The first-order chi connectivity index (χ1) is 12.6. The van der Waals surface area contributed by atoms with Crippen molar-refractivity contribution in [3.8, 4) is 0 Å². The molecule has 0 saturated carbocycles. The van der Waals surface area contributed by atoms with Crippen LogP contribution in [0.2, 0.25) is 0 Å². The number of benzene rings is 2. The van der Waals surface area contributed by atoms with Gasteiger partial charge in [-0.2, -0.15) is 0 Å². The Kier molecular flexibility index (Phi) is 7.99. The number of ether oxygens (including phenoxy) is 1. The lowest BCUT2D eigenvalue weighted by Crippen LogP contribution is -1.88. The van der Waals surface area contributed by atoms with Crippen LogP contribution in [0.5, 0.6) is 0 Å². The van der Waals surface area contributed by atoms with Gasteiger partial charge in [0.2, 0.25) is 10.2 Å². The molecule has 0 unspecified atom stereocenters. The molecule has 0 heterocycles. The molecule has 0 atom stereocenters. The summed E-state index contributed by atoms with van der Waals surface area (Å²) in [5.74, 6) is 0. The van der Waals surface area contributed by atoms with Crippen molar-refractivity contribution < 1.29 is 14.3 Å². The van der Waals surface area contributed by atoms with Crippen molar-refractivity contribution in [1.82, 2.24) is 0 Å². The van der Waals surface area contributed by atoms with Gasteiger partial charge in [0.05, 0.1) is 6.26 Å². The molecule has 0 aromatic heterocycles. The summed E-state index contributed by atoms with van der Waals surface area (Å²) >= 11 is 2.29. The topological polar surface area (TPSA) is 43.4 Å². The van der Waals surface area contributed by atoms with Crippen LogP contribution in [0.15, 0.2) is 89.9 Å². The Balaban J connectivity index is 1.81. The third kappa shape index (κ3) is 6.78. The molecule has 0 aliphatic rings. The van der Waals surface area contributed by atoms with Gasteiger partial charge in [0.15, 0.2) is 0 Å². The van der Waals surface area contributed by atoms with Gasteiger partial charge in [0, 0.05) is 9.79 Å². The highest BCUT2D eigenvalue weighted by atomic mass is 32.2. The molecule has 5 heteroatoms. The molecule has 0 N–H and O–H groups in total. The molecule has 2 aromatic carbocycles. The summed E-state index contributed by atoms with van der Waals surface area (Å²) in [5.41, 5.74) is 2.00. The van der Waals surface area contributed by atoms with Gasteiger partial charge in [0.25, 0.3) is 0 Å². The van der Waals surface area contributed by atoms with E-state index in [1.807, 2.05) is 54.6 Å². The Morgan fingerprint density at radius 3 is 1.85 bits per heavy atom. The largest absolute Gasteiger partial charge is 0.496 e. The molecule has 2 rings (SSSR count). The van der Waals surface area contributed by atoms with Crippen molar-refractivity contribution in [2.75, 3.05) is 0 Å². The van der Waals surface area contributed by atoms with Gasteiger partial charge >= 0.3 is 0 Å². The zero-order valence-electron chi connectivity index (χ0n) is 14.1. The second-order valence-electron chi connectivity index (χ2n) is 5.08. The molecular weight excluding hydrogens is 364 g/mol. The van der Waals surface area contributed by atoms with E-state index < -0.39 is 0 Å². The molecule has 26 heavy (non-hydrogen) atoms. The van der Waals surface area contributed by atoms with Crippen LogP contribution < -0.4 is 0 Å². The van der Waals surface area contributed by atoms with Crippen LogP contribution in [0, 0.1) is 0 Å². The SMILES string of the molecule is C=CC(=O)Sc1ccc(/C=C/OCc2ccc(SC(=O)C=C)cc2)cc1. The van der Waals surface area contributed by atoms with E-state index in [2.05, 4.69) is 13.2 Å². The van der Waals surface area contributed by atoms with Crippen LogP contribution in [-0.2, 0) is 20.9 Å². The molecule has 0 saturated heterocycles. The minimum atomic E-state index is -0.0742. The zero-order chi connectivity index (χ0) is 18.8. The van der Waals surface area contributed by atoms with Gasteiger partial charge in [0.1, 0.15) is 6.61 Å². The molecule has 0 fully saturated rings. The van der Waals surface area contributed by atoms with Gasteiger partial charge in [-0.15, -0.1) is 0 Å². The Bertz CT molecular complexity index is 806. The Morgan fingerprint density at radius 1 is 0.846 bits per heavy atom. The maximum Gasteiger partial charge on any atom is 0.216 e. The first-order valence-corrected chi connectivity index (χ1v) is 9.39. The quantitative estimate of drug-likeness (QED) is 0.343. The molecular formula is C21H18O3S2. The summed E-state index contributed by atoms with van der Waals surface area (Å²) in [7, 11) is 0. The summed E-state index contributed by atoms with van der Waals surface area (Å²) in [6.45, 7) is 7.35. The number of rotatable bonds is 8. The minimum absolute atomic E-state index is 0.0739. The fourth-order valence-electron chi connectivity index (χ4n) is 1.89. The average molecular weight is 383 g/mol. The first-order valence-electron chi connectivity index (χ1n) is 7.76. The predicted octanol–water partition coefficient (Wildman–Crippen LogP) is 5.48. The molecule has 2 aromatic rings. The summed E-state index contributed by atoms with van der Waals surface area (Å²) in [6, 6.07) is 15.2. The highest BCUT2D eigenvalue weighted by molar-refractivity contribution is 8.14. The van der Waals surface area contributed by atoms with Crippen molar-refractivity contribution >= 4 is 39.8 Å². The van der Waals surface area contributed by atoms with E-state index >= 15 is 0 Å². The zero-order valence-corrected chi connectivity index (χ0v) is 15.7. The fraction of sp³-hybridized carbons (Fsp3) is 0.0476. The van der Waals surface area contributed by atoms with E-state index in [0.717, 1.165) is 44.4 Å². The van der Waals surface area contributed by atoms with Crippen LogP contribution >= 0.6 is 23.5 Å². The summed E-state index contributed by atoms with van der Waals surface area (Å²) in [6.07, 6.45) is 6.10. The van der Waals surface area contributed by atoms with Crippen LogP contribution in [0.1, 0.15) is 11.1 Å². The summed E-state index contributed by atoms with van der Waals surface area (Å²) < 4.78 is 5.53. The van der Waals surface area contributed by atoms with Crippen molar-refractivity contribution in [3.63, 3.8) is 0 Å². The standard InChI is InChI=1S/C21H18O3S2/c1-3-20(22)25-18-9-5-16(6-10-18)13-14-24-15-17-7-11-19(12-8-17)26-21(23)4-2/h3-14H,1-2,15H2/b14-13+. The molecule has 0 bridgehead atoms. The Hall–Kier alpha value is -2.50. The van der Waals surface area contributed by atoms with E-state index in [0.29, 0.717) is 6.61 Å². The van der Waals surface area contributed by atoms with E-state index in [1.165, 1.54) is 12.2 Å². The number of hydrogen-bond donors (Lipinski definition) is 0. The van der Waals surface area contributed by atoms with Gasteiger partial charge in [-0.1, -0.05) is 37.4 Å². The smallest absolute Gasteiger partial charge is 0.216 e. The molecule has 0 amide bonds. The third-order valence-electron chi connectivity index (χ3n) is 3.18. The fourth-order valence-corrected chi connectivity index (χ4v) is 3.06. The Morgan fingerprint density at radius 2 is 1.35 bits per heavy atom. The lowest BCUT2D eigenvalue weighted by atomic mass is 10.2. The molecule has 0 spiro atoms. The Labute approximate surface area is 161 Å². The predicted molar refractivity (Wildman–Crippen MR) is 109 cm³/mol. The van der Waals surface area contributed by atoms with E-state index in [1.54, 1.807) is 6.26 Å². The van der Waals surface area contributed by atoms with Gasteiger partial charge in [-0.05, 0) is 77.1 Å². The second-order valence-corrected chi connectivity index (χ2v) is 7.23. The number of carbonyl (C=O) groups excluding carboxylic acids is 2.